The summed E-state index contributed by atoms with van der Waals surface area (Å²) in [5, 5.41) is 6.24. The molecule has 3 rings (SSSR count). The van der Waals surface area contributed by atoms with Gasteiger partial charge in [-0.2, -0.15) is 0 Å². The standard InChI is InChI=1S/C20H21F2N5.HI/c1-14-3-4-15(9-17(14)21)11-25-20(23-2)26-12-16-5-6-19(18(22)10-16)27-8-7-24-13-27;/h3-10,13H,11-12H2,1-2H3,(H2,23,25,26);1H. The van der Waals surface area contributed by atoms with E-state index in [1.54, 1.807) is 49.4 Å². The summed E-state index contributed by atoms with van der Waals surface area (Å²) in [6.45, 7) is 2.57. The molecule has 0 saturated heterocycles. The first-order valence-corrected chi connectivity index (χ1v) is 8.53. The van der Waals surface area contributed by atoms with Crippen LogP contribution in [0.1, 0.15) is 16.7 Å². The summed E-state index contributed by atoms with van der Waals surface area (Å²) in [4.78, 5) is 8.06. The maximum Gasteiger partial charge on any atom is 0.191 e. The number of halogens is 3. The quantitative estimate of drug-likeness (QED) is 0.319. The molecular weight excluding hydrogens is 475 g/mol. The average molecular weight is 497 g/mol. The van der Waals surface area contributed by atoms with Crippen molar-refractivity contribution in [3.63, 3.8) is 0 Å². The third-order valence-electron chi connectivity index (χ3n) is 4.17. The van der Waals surface area contributed by atoms with E-state index in [0.717, 1.165) is 11.1 Å². The lowest BCUT2D eigenvalue weighted by molar-refractivity contribution is 0.614. The zero-order valence-electron chi connectivity index (χ0n) is 15.6. The Hall–Kier alpha value is -2.49. The molecule has 0 spiro atoms. The van der Waals surface area contributed by atoms with E-state index in [4.69, 9.17) is 0 Å². The van der Waals surface area contributed by atoms with Gasteiger partial charge in [-0.3, -0.25) is 4.99 Å². The van der Waals surface area contributed by atoms with Crippen LogP contribution in [0.5, 0.6) is 0 Å². The van der Waals surface area contributed by atoms with Crippen molar-refractivity contribution in [3.05, 3.63) is 83.4 Å². The molecule has 2 aromatic carbocycles. The molecule has 0 amide bonds. The Morgan fingerprint density at radius 1 is 1.04 bits per heavy atom. The molecule has 0 bridgehead atoms. The fourth-order valence-electron chi connectivity index (χ4n) is 2.61. The van der Waals surface area contributed by atoms with E-state index in [2.05, 4.69) is 20.6 Å². The van der Waals surface area contributed by atoms with Crippen LogP contribution in [0.2, 0.25) is 0 Å². The van der Waals surface area contributed by atoms with Crippen molar-refractivity contribution in [3.8, 4) is 5.69 Å². The highest BCUT2D eigenvalue weighted by Gasteiger charge is 2.06. The minimum Gasteiger partial charge on any atom is -0.352 e. The minimum atomic E-state index is -0.328. The number of nitrogens with zero attached hydrogens (tertiary/aromatic N) is 3. The third kappa shape index (κ3) is 5.51. The highest BCUT2D eigenvalue weighted by Crippen LogP contribution is 2.15. The highest BCUT2D eigenvalue weighted by molar-refractivity contribution is 14.0. The smallest absolute Gasteiger partial charge is 0.191 e. The predicted molar refractivity (Wildman–Crippen MR) is 117 cm³/mol. The molecule has 0 fully saturated rings. The Morgan fingerprint density at radius 2 is 1.68 bits per heavy atom. The first-order chi connectivity index (χ1) is 13.1. The normalized spacial score (nSPS) is 11.1. The van der Waals surface area contributed by atoms with Crippen molar-refractivity contribution in [1.82, 2.24) is 20.2 Å². The van der Waals surface area contributed by atoms with Crippen molar-refractivity contribution in [2.24, 2.45) is 4.99 Å². The number of rotatable bonds is 5. The summed E-state index contributed by atoms with van der Waals surface area (Å²) >= 11 is 0. The maximum atomic E-state index is 14.3. The number of aryl methyl sites for hydroxylation is 1. The van der Waals surface area contributed by atoms with Crippen molar-refractivity contribution in [2.45, 2.75) is 20.0 Å². The molecule has 0 unspecified atom stereocenters. The van der Waals surface area contributed by atoms with Gasteiger partial charge in [0.05, 0.1) is 12.0 Å². The van der Waals surface area contributed by atoms with Crippen LogP contribution in [0, 0.1) is 18.6 Å². The van der Waals surface area contributed by atoms with Crippen LogP contribution in [0.4, 0.5) is 8.78 Å². The number of guanidine groups is 1. The van der Waals surface area contributed by atoms with Gasteiger partial charge in [-0.1, -0.05) is 18.2 Å². The molecule has 28 heavy (non-hydrogen) atoms. The molecule has 148 valence electrons. The van der Waals surface area contributed by atoms with Gasteiger partial charge in [0.15, 0.2) is 5.96 Å². The van der Waals surface area contributed by atoms with Gasteiger partial charge in [-0.05, 0) is 41.8 Å². The number of aliphatic imine (C=N–C) groups is 1. The molecule has 0 radical (unpaired) electrons. The molecule has 1 aromatic heterocycles. The van der Waals surface area contributed by atoms with Crippen molar-refractivity contribution >= 4 is 29.9 Å². The molecule has 2 N–H and O–H groups in total. The number of hydrogen-bond acceptors (Lipinski definition) is 2. The first-order valence-electron chi connectivity index (χ1n) is 8.53. The van der Waals surface area contributed by atoms with Gasteiger partial charge in [-0.25, -0.2) is 13.8 Å². The second kappa shape index (κ2) is 10.2. The minimum absolute atomic E-state index is 0. The molecule has 0 atom stereocenters. The van der Waals surface area contributed by atoms with Gasteiger partial charge in [0, 0.05) is 32.5 Å². The van der Waals surface area contributed by atoms with E-state index >= 15 is 0 Å². The van der Waals surface area contributed by atoms with Gasteiger partial charge in [0.25, 0.3) is 0 Å². The Labute approximate surface area is 179 Å². The SMILES string of the molecule is CN=C(NCc1ccc(C)c(F)c1)NCc1ccc(-n2ccnc2)c(F)c1.I. The fraction of sp³-hybridized carbons (Fsp3) is 0.200. The summed E-state index contributed by atoms with van der Waals surface area (Å²) in [5.74, 6) is -0.00819. The Bertz CT molecular complexity index is 942. The Kier molecular flexibility index (Phi) is 7.91. The largest absolute Gasteiger partial charge is 0.352 e. The number of nitrogens with one attached hydrogen (secondary N) is 2. The highest BCUT2D eigenvalue weighted by atomic mass is 127. The van der Waals surface area contributed by atoms with Crippen LogP contribution >= 0.6 is 24.0 Å². The van der Waals surface area contributed by atoms with Crippen LogP contribution in [-0.2, 0) is 13.1 Å². The lowest BCUT2D eigenvalue weighted by Crippen LogP contribution is -2.36. The van der Waals surface area contributed by atoms with Gasteiger partial charge in [0.1, 0.15) is 11.6 Å². The second-order valence-corrected chi connectivity index (χ2v) is 6.12. The first kappa shape index (κ1) is 21.8. The number of aromatic nitrogens is 2. The fourth-order valence-corrected chi connectivity index (χ4v) is 2.61. The van der Waals surface area contributed by atoms with Crippen LogP contribution in [-0.4, -0.2) is 22.6 Å². The van der Waals surface area contributed by atoms with E-state index in [9.17, 15) is 8.78 Å². The van der Waals surface area contributed by atoms with Crippen LogP contribution in [0.15, 0.2) is 60.1 Å². The molecule has 0 aliphatic carbocycles. The van der Waals surface area contributed by atoms with Crippen LogP contribution in [0.25, 0.3) is 5.69 Å². The predicted octanol–water partition coefficient (Wildman–Crippen LogP) is 3.94. The summed E-state index contributed by atoms with van der Waals surface area (Å²) in [5.41, 5.74) is 2.65. The van der Waals surface area contributed by atoms with Gasteiger partial charge in [0.2, 0.25) is 0 Å². The Morgan fingerprint density at radius 3 is 2.21 bits per heavy atom. The zero-order valence-corrected chi connectivity index (χ0v) is 17.9. The molecule has 1 heterocycles. The van der Waals surface area contributed by atoms with Crippen LogP contribution in [0.3, 0.4) is 0 Å². The van der Waals surface area contributed by atoms with Crippen molar-refractivity contribution in [2.75, 3.05) is 7.05 Å². The monoisotopic (exact) mass is 497 g/mol. The summed E-state index contributed by atoms with van der Waals surface area (Å²) in [6, 6.07) is 10.1. The molecular formula is C20H22F2IN5. The van der Waals surface area contributed by atoms with Gasteiger partial charge in [-0.15, -0.1) is 24.0 Å². The zero-order chi connectivity index (χ0) is 19.2. The molecule has 0 aliphatic rings. The second-order valence-electron chi connectivity index (χ2n) is 6.12. The number of imidazole rings is 1. The maximum absolute atomic E-state index is 14.3. The Balaban J connectivity index is 0.00000280. The molecule has 0 aliphatic heterocycles. The molecule has 5 nitrogen and oxygen atoms in total. The number of benzene rings is 2. The molecule has 8 heteroatoms. The third-order valence-corrected chi connectivity index (χ3v) is 4.17. The van der Waals surface area contributed by atoms with Gasteiger partial charge >= 0.3 is 0 Å². The van der Waals surface area contributed by atoms with Crippen molar-refractivity contribution in [1.29, 1.82) is 0 Å². The lowest BCUT2D eigenvalue weighted by atomic mass is 10.1. The van der Waals surface area contributed by atoms with Gasteiger partial charge < -0.3 is 15.2 Å². The van der Waals surface area contributed by atoms with E-state index in [-0.39, 0.29) is 35.6 Å². The van der Waals surface area contributed by atoms with E-state index in [1.807, 2.05) is 12.1 Å². The topological polar surface area (TPSA) is 54.2 Å². The molecule has 3 aromatic rings. The molecule has 0 saturated carbocycles. The average Bonchev–Trinajstić information content (AvgIpc) is 3.19. The lowest BCUT2D eigenvalue weighted by Gasteiger charge is -2.13. The number of hydrogen-bond donors (Lipinski definition) is 2. The van der Waals surface area contributed by atoms with Crippen molar-refractivity contribution < 1.29 is 8.78 Å². The summed E-state index contributed by atoms with van der Waals surface area (Å²) in [6.07, 6.45) is 4.84. The van der Waals surface area contributed by atoms with E-state index < -0.39 is 0 Å². The summed E-state index contributed by atoms with van der Waals surface area (Å²) in [7, 11) is 1.65. The summed E-state index contributed by atoms with van der Waals surface area (Å²) < 4.78 is 29.5. The van der Waals surface area contributed by atoms with E-state index in [0.29, 0.717) is 30.3 Å². The van der Waals surface area contributed by atoms with Crippen LogP contribution < -0.4 is 10.6 Å². The van der Waals surface area contributed by atoms with E-state index in [1.165, 1.54) is 12.1 Å².